The highest BCUT2D eigenvalue weighted by Gasteiger charge is 2.43. The van der Waals surface area contributed by atoms with Gasteiger partial charge in [0.05, 0.1) is 23.9 Å². The number of nitrogens with zero attached hydrogens (tertiary/aromatic N) is 1. The molecule has 36 heavy (non-hydrogen) atoms. The fourth-order valence-corrected chi connectivity index (χ4v) is 5.10. The van der Waals surface area contributed by atoms with E-state index in [1.54, 1.807) is 53.8 Å². The topological polar surface area (TPSA) is 87.7 Å². The average molecular weight is 500 g/mol. The first kappa shape index (κ1) is 22.2. The molecule has 6 rings (SSSR count). The molecule has 0 spiro atoms. The minimum absolute atomic E-state index is 0.0661. The van der Waals surface area contributed by atoms with Crippen LogP contribution in [0, 0.1) is 0 Å². The van der Waals surface area contributed by atoms with Gasteiger partial charge in [0.1, 0.15) is 17.6 Å². The van der Waals surface area contributed by atoms with E-state index in [4.69, 9.17) is 20.4 Å². The number of nitrogens with one attached hydrogen (secondary N) is 2. The molecular weight excluding hydrogens is 478 g/mol. The van der Waals surface area contributed by atoms with E-state index in [2.05, 4.69) is 10.6 Å². The van der Waals surface area contributed by atoms with Gasteiger partial charge in [-0.25, -0.2) is 4.79 Å². The van der Waals surface area contributed by atoms with Crippen LogP contribution in [0.5, 0.6) is 0 Å². The van der Waals surface area contributed by atoms with Crippen LogP contribution in [0.25, 0.3) is 0 Å². The molecule has 2 aromatic heterocycles. The van der Waals surface area contributed by atoms with E-state index in [0.29, 0.717) is 34.2 Å². The number of urea groups is 1. The van der Waals surface area contributed by atoms with Crippen LogP contribution >= 0.6 is 11.6 Å². The summed E-state index contributed by atoms with van der Waals surface area (Å²) in [6.45, 7) is 0. The molecule has 2 aromatic carbocycles. The van der Waals surface area contributed by atoms with Crippen molar-refractivity contribution < 1.29 is 18.4 Å². The molecule has 0 saturated heterocycles. The van der Waals surface area contributed by atoms with Crippen molar-refractivity contribution in [3.05, 3.63) is 113 Å². The number of carbonyl (C=O) groups excluding carboxylic acids is 2. The summed E-state index contributed by atoms with van der Waals surface area (Å²) in [4.78, 5) is 29.2. The molecule has 0 bridgehead atoms. The Morgan fingerprint density at radius 2 is 1.64 bits per heavy atom. The molecule has 2 atom stereocenters. The van der Waals surface area contributed by atoms with Gasteiger partial charge in [-0.2, -0.15) is 0 Å². The first-order valence-corrected chi connectivity index (χ1v) is 12.0. The second-order valence-electron chi connectivity index (χ2n) is 8.80. The Bertz CT molecular complexity index is 1440. The number of allylic oxidation sites excluding steroid dienone is 1. The largest absolute Gasteiger partial charge is 0.469 e. The molecule has 8 heteroatoms. The van der Waals surface area contributed by atoms with E-state index in [-0.39, 0.29) is 18.1 Å². The van der Waals surface area contributed by atoms with E-state index in [9.17, 15) is 9.59 Å². The fraction of sp³-hybridized carbons (Fsp3) is 0.143. The number of furan rings is 2. The van der Waals surface area contributed by atoms with E-state index in [0.717, 1.165) is 17.1 Å². The summed E-state index contributed by atoms with van der Waals surface area (Å²) in [5.74, 6) is 1.10. The SMILES string of the molecule is O=C1C[C@H](c2ccco2)CC2=C1[C@H](c1ccco1)N(C(=O)Nc1ccc(Cl)cc1)c1ccccc1N2. The van der Waals surface area contributed by atoms with Crippen molar-refractivity contribution in [2.45, 2.75) is 24.8 Å². The summed E-state index contributed by atoms with van der Waals surface area (Å²) in [6.07, 6.45) is 4.00. The third-order valence-corrected chi connectivity index (χ3v) is 6.81. The van der Waals surface area contributed by atoms with Gasteiger partial charge in [0, 0.05) is 34.3 Å². The normalized spacial score (nSPS) is 19.2. The predicted molar refractivity (Wildman–Crippen MR) is 137 cm³/mol. The molecule has 1 aliphatic carbocycles. The summed E-state index contributed by atoms with van der Waals surface area (Å²) in [5, 5.41) is 6.99. The third kappa shape index (κ3) is 3.97. The molecule has 2 amide bonds. The molecule has 2 N–H and O–H groups in total. The lowest BCUT2D eigenvalue weighted by molar-refractivity contribution is -0.116. The van der Waals surface area contributed by atoms with E-state index < -0.39 is 12.1 Å². The highest BCUT2D eigenvalue weighted by molar-refractivity contribution is 6.30. The van der Waals surface area contributed by atoms with Gasteiger partial charge in [0.25, 0.3) is 0 Å². The number of carbonyl (C=O) groups is 2. The quantitative estimate of drug-likeness (QED) is 0.313. The number of ketones is 1. The Balaban J connectivity index is 1.49. The third-order valence-electron chi connectivity index (χ3n) is 6.56. The van der Waals surface area contributed by atoms with E-state index in [1.165, 1.54) is 0 Å². The number of benzene rings is 2. The van der Waals surface area contributed by atoms with Gasteiger partial charge >= 0.3 is 6.03 Å². The predicted octanol–water partition coefficient (Wildman–Crippen LogP) is 7.13. The van der Waals surface area contributed by atoms with Crippen molar-refractivity contribution in [3.8, 4) is 0 Å². The number of halogens is 1. The number of hydrogen-bond donors (Lipinski definition) is 2. The highest BCUT2D eigenvalue weighted by Crippen LogP contribution is 2.47. The van der Waals surface area contributed by atoms with Crippen molar-refractivity contribution in [1.82, 2.24) is 0 Å². The number of anilines is 3. The molecule has 0 fully saturated rings. The number of rotatable bonds is 3. The van der Waals surface area contributed by atoms with Gasteiger partial charge in [-0.3, -0.25) is 9.69 Å². The van der Waals surface area contributed by atoms with Crippen molar-refractivity contribution >= 4 is 40.5 Å². The molecule has 0 saturated carbocycles. The first-order valence-electron chi connectivity index (χ1n) is 11.6. The zero-order valence-corrected chi connectivity index (χ0v) is 19.9. The summed E-state index contributed by atoms with van der Waals surface area (Å²) >= 11 is 6.02. The second-order valence-corrected chi connectivity index (χ2v) is 9.24. The Morgan fingerprint density at radius 3 is 2.36 bits per heavy atom. The summed E-state index contributed by atoms with van der Waals surface area (Å²) in [7, 11) is 0. The lowest BCUT2D eigenvalue weighted by Gasteiger charge is -2.33. The molecule has 4 aromatic rings. The summed E-state index contributed by atoms with van der Waals surface area (Å²) in [6, 6.07) is 20.5. The number of amides is 2. The van der Waals surface area contributed by atoms with Crippen molar-refractivity contribution in [1.29, 1.82) is 0 Å². The number of Topliss-reactive ketones (excluding diaryl/α,β-unsaturated/α-hetero) is 1. The summed E-state index contributed by atoms with van der Waals surface area (Å²) < 4.78 is 11.4. The van der Waals surface area contributed by atoms with E-state index >= 15 is 0 Å². The molecule has 1 aliphatic heterocycles. The minimum atomic E-state index is -0.761. The van der Waals surface area contributed by atoms with Crippen LogP contribution < -0.4 is 15.5 Å². The van der Waals surface area contributed by atoms with Gasteiger partial charge in [0.15, 0.2) is 5.78 Å². The molecule has 180 valence electrons. The van der Waals surface area contributed by atoms with E-state index in [1.807, 2.05) is 36.4 Å². The zero-order valence-electron chi connectivity index (χ0n) is 19.1. The van der Waals surface area contributed by atoms with Crippen LogP contribution in [-0.2, 0) is 4.79 Å². The van der Waals surface area contributed by atoms with Crippen LogP contribution in [0.4, 0.5) is 21.9 Å². The van der Waals surface area contributed by atoms with Crippen LogP contribution in [0.3, 0.4) is 0 Å². The Hall–Kier alpha value is -4.23. The van der Waals surface area contributed by atoms with Gasteiger partial charge in [0.2, 0.25) is 0 Å². The standard InChI is InChI=1S/C28H22ClN3O4/c29-18-9-11-19(12-10-18)30-28(34)32-22-6-2-1-5-20(22)31-21-15-17(24-7-3-13-35-24)16-23(33)26(21)27(32)25-8-4-14-36-25/h1-14,17,27,31H,15-16H2,(H,30,34)/t17-,27+/m1/s1. The molecule has 0 unspecified atom stereocenters. The average Bonchev–Trinajstić information content (AvgIpc) is 3.58. The highest BCUT2D eigenvalue weighted by atomic mass is 35.5. The van der Waals surface area contributed by atoms with Crippen molar-refractivity contribution in [2.75, 3.05) is 15.5 Å². The lowest BCUT2D eigenvalue weighted by atomic mass is 9.81. The maximum atomic E-state index is 13.9. The smallest absolute Gasteiger partial charge is 0.327 e. The Labute approximate surface area is 212 Å². The number of fused-ring (bicyclic) bond motifs is 1. The van der Waals surface area contributed by atoms with Crippen LogP contribution in [0.2, 0.25) is 5.02 Å². The van der Waals surface area contributed by atoms with Crippen molar-refractivity contribution in [2.24, 2.45) is 0 Å². The minimum Gasteiger partial charge on any atom is -0.469 e. The molecule has 2 aliphatic rings. The maximum Gasteiger partial charge on any atom is 0.327 e. The monoisotopic (exact) mass is 499 g/mol. The Kier molecular flexibility index (Phi) is 5.62. The number of hydrogen-bond acceptors (Lipinski definition) is 5. The zero-order chi connectivity index (χ0) is 24.6. The van der Waals surface area contributed by atoms with Gasteiger partial charge in [-0.05, 0) is 67.1 Å². The molecular formula is C28H22ClN3O4. The Morgan fingerprint density at radius 1 is 0.917 bits per heavy atom. The number of para-hydroxylation sites is 2. The lowest BCUT2D eigenvalue weighted by Crippen LogP contribution is -2.40. The molecule has 3 heterocycles. The van der Waals surface area contributed by atoms with Gasteiger partial charge < -0.3 is 19.5 Å². The molecule has 7 nitrogen and oxygen atoms in total. The van der Waals surface area contributed by atoms with Crippen LogP contribution in [-0.4, -0.2) is 11.8 Å². The van der Waals surface area contributed by atoms with Crippen LogP contribution in [0.1, 0.15) is 36.3 Å². The first-order chi connectivity index (χ1) is 17.6. The fourth-order valence-electron chi connectivity index (χ4n) is 4.97. The molecule has 0 radical (unpaired) electrons. The van der Waals surface area contributed by atoms with Crippen molar-refractivity contribution in [3.63, 3.8) is 0 Å². The maximum absolute atomic E-state index is 13.9. The van der Waals surface area contributed by atoms with Gasteiger partial charge in [-0.15, -0.1) is 0 Å². The van der Waals surface area contributed by atoms with Gasteiger partial charge in [-0.1, -0.05) is 23.7 Å². The summed E-state index contributed by atoms with van der Waals surface area (Å²) in [5.41, 5.74) is 3.19. The van der Waals surface area contributed by atoms with Crippen LogP contribution in [0.15, 0.2) is 105 Å². The second kappa shape index (κ2) is 9.09.